The molecule has 0 aliphatic rings. The molecule has 1 aromatic rings. The summed E-state index contributed by atoms with van der Waals surface area (Å²) in [7, 11) is 1.59. The standard InChI is InChI=1S/C18H29NO3/c1-17(2,3)11-18(4,5)13-7-8-15(22-6)12(9-13)10-14(19)16(20)21/h7-9,14H,10-11,19H2,1-6H3,(H,20,21). The van der Waals surface area contributed by atoms with Gasteiger partial charge in [-0.15, -0.1) is 0 Å². The minimum Gasteiger partial charge on any atom is -0.496 e. The predicted molar refractivity (Wildman–Crippen MR) is 89.4 cm³/mol. The molecule has 0 aromatic heterocycles. The number of ether oxygens (including phenoxy) is 1. The van der Waals surface area contributed by atoms with Crippen LogP contribution in [0, 0.1) is 5.41 Å². The second-order valence-electron chi connectivity index (χ2n) is 7.80. The molecular weight excluding hydrogens is 278 g/mol. The maximum atomic E-state index is 11.0. The lowest BCUT2D eigenvalue weighted by molar-refractivity contribution is -0.138. The summed E-state index contributed by atoms with van der Waals surface area (Å²) >= 11 is 0. The summed E-state index contributed by atoms with van der Waals surface area (Å²) in [6.07, 6.45) is 1.29. The molecule has 0 amide bonds. The van der Waals surface area contributed by atoms with Crippen molar-refractivity contribution in [2.24, 2.45) is 11.1 Å². The molecule has 124 valence electrons. The molecule has 0 saturated carbocycles. The number of carbonyl (C=O) groups is 1. The second kappa shape index (κ2) is 6.69. The molecule has 0 radical (unpaired) electrons. The minimum absolute atomic E-state index is 0.00735. The Hall–Kier alpha value is -1.55. The highest BCUT2D eigenvalue weighted by atomic mass is 16.5. The van der Waals surface area contributed by atoms with Crippen molar-refractivity contribution in [2.75, 3.05) is 7.11 Å². The Balaban J connectivity index is 3.16. The Labute approximate surface area is 133 Å². The van der Waals surface area contributed by atoms with Crippen LogP contribution >= 0.6 is 0 Å². The predicted octanol–water partition coefficient (Wildman–Crippen LogP) is 3.36. The number of methoxy groups -OCH3 is 1. The van der Waals surface area contributed by atoms with Crippen molar-refractivity contribution >= 4 is 5.97 Å². The second-order valence-corrected chi connectivity index (χ2v) is 7.80. The fourth-order valence-corrected chi connectivity index (χ4v) is 3.11. The minimum atomic E-state index is -0.999. The monoisotopic (exact) mass is 307 g/mol. The van der Waals surface area contributed by atoms with Crippen LogP contribution in [0.15, 0.2) is 18.2 Å². The zero-order chi connectivity index (χ0) is 17.1. The summed E-state index contributed by atoms with van der Waals surface area (Å²) < 4.78 is 5.35. The van der Waals surface area contributed by atoms with Gasteiger partial charge < -0.3 is 15.6 Å². The molecule has 0 heterocycles. The molecule has 0 fully saturated rings. The van der Waals surface area contributed by atoms with Gasteiger partial charge in [0.1, 0.15) is 11.8 Å². The molecule has 1 rings (SSSR count). The third kappa shape index (κ3) is 5.02. The van der Waals surface area contributed by atoms with E-state index in [9.17, 15) is 4.79 Å². The Morgan fingerprint density at radius 2 is 1.86 bits per heavy atom. The highest BCUT2D eigenvalue weighted by Gasteiger charge is 2.28. The van der Waals surface area contributed by atoms with Gasteiger partial charge in [0.2, 0.25) is 0 Å². The number of hydrogen-bond donors (Lipinski definition) is 2. The van der Waals surface area contributed by atoms with E-state index in [0.29, 0.717) is 5.75 Å². The summed E-state index contributed by atoms with van der Waals surface area (Å²) in [5.74, 6) is -0.312. The highest BCUT2D eigenvalue weighted by molar-refractivity contribution is 5.73. The van der Waals surface area contributed by atoms with E-state index in [-0.39, 0.29) is 17.3 Å². The lowest BCUT2D eigenvalue weighted by Gasteiger charge is -2.33. The maximum Gasteiger partial charge on any atom is 0.320 e. The van der Waals surface area contributed by atoms with Crippen molar-refractivity contribution in [1.29, 1.82) is 0 Å². The van der Waals surface area contributed by atoms with Crippen LogP contribution in [-0.4, -0.2) is 24.2 Å². The first kappa shape index (κ1) is 18.5. The zero-order valence-corrected chi connectivity index (χ0v) is 14.6. The highest BCUT2D eigenvalue weighted by Crippen LogP contribution is 2.37. The van der Waals surface area contributed by atoms with Crippen LogP contribution in [0.25, 0.3) is 0 Å². The number of carboxylic acid groups (broad SMARTS) is 1. The average Bonchev–Trinajstić information content (AvgIpc) is 2.35. The van der Waals surface area contributed by atoms with Crippen LogP contribution in [0.2, 0.25) is 0 Å². The van der Waals surface area contributed by atoms with Crippen LogP contribution in [0.4, 0.5) is 0 Å². The molecule has 1 unspecified atom stereocenters. The summed E-state index contributed by atoms with van der Waals surface area (Å²) in [4.78, 5) is 11.0. The van der Waals surface area contributed by atoms with Crippen molar-refractivity contribution in [3.05, 3.63) is 29.3 Å². The van der Waals surface area contributed by atoms with Crippen molar-refractivity contribution in [2.45, 2.75) is 58.9 Å². The summed E-state index contributed by atoms with van der Waals surface area (Å²) in [5.41, 5.74) is 7.90. The molecule has 4 heteroatoms. The Kier molecular flexibility index (Phi) is 5.63. The number of nitrogens with two attached hydrogens (primary N) is 1. The first-order valence-corrected chi connectivity index (χ1v) is 7.62. The van der Waals surface area contributed by atoms with Gasteiger partial charge in [0, 0.05) is 6.42 Å². The van der Waals surface area contributed by atoms with E-state index in [4.69, 9.17) is 15.6 Å². The van der Waals surface area contributed by atoms with Gasteiger partial charge in [-0.25, -0.2) is 0 Å². The van der Waals surface area contributed by atoms with Gasteiger partial charge in [0.25, 0.3) is 0 Å². The molecule has 3 N–H and O–H groups in total. The molecule has 4 nitrogen and oxygen atoms in total. The summed E-state index contributed by atoms with van der Waals surface area (Å²) in [5, 5.41) is 9.02. The molecule has 1 atom stereocenters. The first-order chi connectivity index (χ1) is 9.96. The van der Waals surface area contributed by atoms with Crippen LogP contribution in [0.5, 0.6) is 5.75 Å². The van der Waals surface area contributed by atoms with Crippen molar-refractivity contribution in [1.82, 2.24) is 0 Å². The van der Waals surface area contributed by atoms with E-state index in [1.165, 1.54) is 5.56 Å². The maximum absolute atomic E-state index is 11.0. The number of hydrogen-bond acceptors (Lipinski definition) is 3. The third-order valence-corrected chi connectivity index (χ3v) is 3.79. The molecule has 22 heavy (non-hydrogen) atoms. The lowest BCUT2D eigenvalue weighted by atomic mass is 9.72. The van der Waals surface area contributed by atoms with E-state index in [1.807, 2.05) is 12.1 Å². The van der Waals surface area contributed by atoms with Gasteiger partial charge in [-0.2, -0.15) is 0 Å². The lowest BCUT2D eigenvalue weighted by Crippen LogP contribution is -2.32. The van der Waals surface area contributed by atoms with E-state index in [0.717, 1.165) is 12.0 Å². The average molecular weight is 307 g/mol. The van der Waals surface area contributed by atoms with E-state index < -0.39 is 12.0 Å². The number of carboxylic acids is 1. The quantitative estimate of drug-likeness (QED) is 0.845. The van der Waals surface area contributed by atoms with Gasteiger partial charge in [-0.3, -0.25) is 4.79 Å². The molecule has 0 aliphatic carbocycles. The van der Waals surface area contributed by atoms with E-state index in [1.54, 1.807) is 7.11 Å². The van der Waals surface area contributed by atoms with Crippen LogP contribution < -0.4 is 10.5 Å². The Morgan fingerprint density at radius 1 is 1.27 bits per heavy atom. The van der Waals surface area contributed by atoms with E-state index >= 15 is 0 Å². The SMILES string of the molecule is COc1ccc(C(C)(C)CC(C)(C)C)cc1CC(N)C(=O)O. The van der Waals surface area contributed by atoms with Crippen LogP contribution in [0.1, 0.15) is 52.2 Å². The largest absolute Gasteiger partial charge is 0.496 e. The normalized spacial score (nSPS) is 13.8. The first-order valence-electron chi connectivity index (χ1n) is 7.62. The van der Waals surface area contributed by atoms with Crippen LogP contribution in [0.3, 0.4) is 0 Å². The van der Waals surface area contributed by atoms with Gasteiger partial charge in [-0.1, -0.05) is 46.8 Å². The van der Waals surface area contributed by atoms with Crippen molar-refractivity contribution < 1.29 is 14.6 Å². The van der Waals surface area contributed by atoms with Gasteiger partial charge in [0.05, 0.1) is 7.11 Å². The molecule has 0 saturated heterocycles. The fourth-order valence-electron chi connectivity index (χ4n) is 3.11. The molecule has 0 aliphatic heterocycles. The number of rotatable bonds is 6. The van der Waals surface area contributed by atoms with E-state index in [2.05, 4.69) is 40.7 Å². The molecule has 1 aromatic carbocycles. The van der Waals surface area contributed by atoms with Gasteiger partial charge >= 0.3 is 5.97 Å². The van der Waals surface area contributed by atoms with Crippen molar-refractivity contribution in [3.63, 3.8) is 0 Å². The summed E-state index contributed by atoms with van der Waals surface area (Å²) in [6.45, 7) is 11.1. The third-order valence-electron chi connectivity index (χ3n) is 3.79. The number of benzene rings is 1. The van der Waals surface area contributed by atoms with Gasteiger partial charge in [0.15, 0.2) is 0 Å². The topological polar surface area (TPSA) is 72.5 Å². The smallest absolute Gasteiger partial charge is 0.320 e. The summed E-state index contributed by atoms with van der Waals surface area (Å²) in [6, 6.07) is 5.08. The molecular formula is C18H29NO3. The Bertz CT molecular complexity index is 530. The molecule has 0 spiro atoms. The fraction of sp³-hybridized carbons (Fsp3) is 0.611. The zero-order valence-electron chi connectivity index (χ0n) is 14.6. The van der Waals surface area contributed by atoms with Crippen LogP contribution in [-0.2, 0) is 16.6 Å². The van der Waals surface area contributed by atoms with Gasteiger partial charge in [-0.05, 0) is 34.4 Å². The Morgan fingerprint density at radius 3 is 2.32 bits per heavy atom. The number of aliphatic carboxylic acids is 1. The molecule has 0 bridgehead atoms. The van der Waals surface area contributed by atoms with Crippen molar-refractivity contribution in [3.8, 4) is 5.75 Å².